The van der Waals surface area contributed by atoms with Crippen molar-refractivity contribution >= 4 is 52.1 Å². The molecule has 3 heterocycles. The SMILES string of the molecule is O=C(CCN1C(=S)N[C@H](c2ccccn2)[C@@H]1c1ccc(-c2ccc(Cl)c(Cl)c2)o1)Nc1ccccc1. The van der Waals surface area contributed by atoms with E-state index >= 15 is 0 Å². The number of pyridine rings is 1. The first-order chi connectivity index (χ1) is 17.5. The molecule has 2 N–H and O–H groups in total. The van der Waals surface area contributed by atoms with Gasteiger partial charge in [0.25, 0.3) is 0 Å². The van der Waals surface area contributed by atoms with Crippen LogP contribution in [0.4, 0.5) is 5.69 Å². The summed E-state index contributed by atoms with van der Waals surface area (Å²) in [6.07, 6.45) is 2.00. The van der Waals surface area contributed by atoms with Crippen LogP contribution in [0, 0.1) is 0 Å². The summed E-state index contributed by atoms with van der Waals surface area (Å²) in [5.41, 5.74) is 2.39. The number of furan rings is 1. The first-order valence-corrected chi connectivity index (χ1v) is 12.5. The zero-order chi connectivity index (χ0) is 25.1. The van der Waals surface area contributed by atoms with E-state index in [-0.39, 0.29) is 24.4 Å². The number of halogens is 2. The van der Waals surface area contributed by atoms with Crippen LogP contribution < -0.4 is 10.6 Å². The van der Waals surface area contributed by atoms with Gasteiger partial charge >= 0.3 is 0 Å². The Kier molecular flexibility index (Phi) is 7.23. The maximum Gasteiger partial charge on any atom is 0.226 e. The molecular weight excluding hydrogens is 515 g/mol. The van der Waals surface area contributed by atoms with Crippen molar-refractivity contribution in [3.05, 3.63) is 107 Å². The molecule has 36 heavy (non-hydrogen) atoms. The summed E-state index contributed by atoms with van der Waals surface area (Å²) in [4.78, 5) is 19.2. The normalized spacial score (nSPS) is 17.2. The maximum atomic E-state index is 12.7. The second-order valence-electron chi connectivity index (χ2n) is 8.32. The summed E-state index contributed by atoms with van der Waals surface area (Å²) in [6, 6.07) is 23.8. The quantitative estimate of drug-likeness (QED) is 0.257. The van der Waals surface area contributed by atoms with Gasteiger partial charge in [0.15, 0.2) is 5.11 Å². The Labute approximate surface area is 224 Å². The number of hydrogen-bond acceptors (Lipinski definition) is 4. The highest BCUT2D eigenvalue weighted by Crippen LogP contribution is 2.41. The number of nitrogens with zero attached hydrogens (tertiary/aromatic N) is 2. The molecule has 2 atom stereocenters. The Morgan fingerprint density at radius 1 is 1.03 bits per heavy atom. The Bertz CT molecular complexity index is 1380. The number of anilines is 1. The third kappa shape index (κ3) is 5.23. The van der Waals surface area contributed by atoms with Gasteiger partial charge < -0.3 is 20.0 Å². The number of amides is 1. The standard InChI is InChI=1S/C27H22Cl2N4O2S/c28-19-10-9-17(16-20(19)29)22-11-12-23(35-22)26-25(21-8-4-5-14-30-21)32-27(36)33(26)15-13-24(34)31-18-6-2-1-3-7-18/h1-12,14,16,25-26H,13,15H2,(H,31,34)(H,32,36)/t25-,26+/m1/s1. The van der Waals surface area contributed by atoms with Crippen LogP contribution in [-0.2, 0) is 4.79 Å². The highest BCUT2D eigenvalue weighted by Gasteiger charge is 2.41. The van der Waals surface area contributed by atoms with Gasteiger partial charge in [-0.3, -0.25) is 9.78 Å². The zero-order valence-electron chi connectivity index (χ0n) is 19.0. The third-order valence-corrected chi connectivity index (χ3v) is 7.05. The van der Waals surface area contributed by atoms with Crippen molar-refractivity contribution in [2.24, 2.45) is 0 Å². The predicted octanol–water partition coefficient (Wildman–Crippen LogP) is 6.65. The van der Waals surface area contributed by atoms with Gasteiger partial charge in [-0.25, -0.2) is 0 Å². The van der Waals surface area contributed by atoms with Gasteiger partial charge in [0.1, 0.15) is 17.6 Å². The predicted molar refractivity (Wildman–Crippen MR) is 146 cm³/mol. The van der Waals surface area contributed by atoms with Gasteiger partial charge in [0.05, 0.1) is 21.8 Å². The zero-order valence-corrected chi connectivity index (χ0v) is 21.4. The minimum Gasteiger partial charge on any atom is -0.459 e. The molecule has 0 saturated carbocycles. The number of hydrogen-bond donors (Lipinski definition) is 2. The molecule has 0 bridgehead atoms. The molecule has 2 aromatic heterocycles. The van der Waals surface area contributed by atoms with Gasteiger partial charge in [-0.05, 0) is 66.8 Å². The van der Waals surface area contributed by atoms with Crippen molar-refractivity contribution < 1.29 is 9.21 Å². The van der Waals surface area contributed by atoms with Crippen LogP contribution >= 0.6 is 35.4 Å². The van der Waals surface area contributed by atoms with Crippen molar-refractivity contribution in [3.63, 3.8) is 0 Å². The summed E-state index contributed by atoms with van der Waals surface area (Å²) in [7, 11) is 0. The molecular formula is C27H22Cl2N4O2S. The molecule has 0 spiro atoms. The van der Waals surface area contributed by atoms with Crippen LogP contribution in [0.1, 0.15) is 30.0 Å². The lowest BCUT2D eigenvalue weighted by atomic mass is 10.0. The lowest BCUT2D eigenvalue weighted by molar-refractivity contribution is -0.116. The molecule has 9 heteroatoms. The number of nitrogens with one attached hydrogen (secondary N) is 2. The fourth-order valence-electron chi connectivity index (χ4n) is 4.24. The second kappa shape index (κ2) is 10.7. The van der Waals surface area contributed by atoms with Crippen LogP contribution in [0.5, 0.6) is 0 Å². The van der Waals surface area contributed by atoms with E-state index < -0.39 is 0 Å². The van der Waals surface area contributed by atoms with Gasteiger partial charge in [0, 0.05) is 30.4 Å². The average molecular weight is 537 g/mol. The molecule has 182 valence electrons. The molecule has 1 amide bonds. The van der Waals surface area contributed by atoms with Crippen LogP contribution in [0.2, 0.25) is 10.0 Å². The van der Waals surface area contributed by atoms with Crippen LogP contribution in [0.3, 0.4) is 0 Å². The number of thiocarbonyl (C=S) groups is 1. The van der Waals surface area contributed by atoms with E-state index in [0.717, 1.165) is 16.9 Å². The number of carbonyl (C=O) groups is 1. The van der Waals surface area contributed by atoms with Gasteiger partial charge in [-0.1, -0.05) is 47.5 Å². The Balaban J connectivity index is 1.41. The van der Waals surface area contributed by atoms with Gasteiger partial charge in [0.2, 0.25) is 5.91 Å². The number of benzene rings is 2. The number of carbonyl (C=O) groups excluding carboxylic acids is 1. The molecule has 1 aliphatic heterocycles. The smallest absolute Gasteiger partial charge is 0.226 e. The molecule has 6 nitrogen and oxygen atoms in total. The fraction of sp³-hybridized carbons (Fsp3) is 0.148. The lowest BCUT2D eigenvalue weighted by Crippen LogP contribution is -2.32. The molecule has 5 rings (SSSR count). The van der Waals surface area contributed by atoms with E-state index in [9.17, 15) is 4.79 Å². The van der Waals surface area contributed by atoms with Crippen molar-refractivity contribution in [2.45, 2.75) is 18.5 Å². The summed E-state index contributed by atoms with van der Waals surface area (Å²) >= 11 is 18.0. The van der Waals surface area contributed by atoms with Crippen molar-refractivity contribution in [3.8, 4) is 11.3 Å². The molecule has 0 unspecified atom stereocenters. The highest BCUT2D eigenvalue weighted by molar-refractivity contribution is 7.80. The molecule has 4 aromatic rings. The van der Waals surface area contributed by atoms with Gasteiger partial charge in [-0.2, -0.15) is 0 Å². The van der Waals surface area contributed by atoms with Crippen molar-refractivity contribution in [1.29, 1.82) is 0 Å². The Hall–Kier alpha value is -3.39. The molecule has 0 radical (unpaired) electrons. The topological polar surface area (TPSA) is 70.4 Å². The van der Waals surface area contributed by atoms with Crippen LogP contribution in [-0.4, -0.2) is 27.4 Å². The number of aromatic nitrogens is 1. The monoisotopic (exact) mass is 536 g/mol. The van der Waals surface area contributed by atoms with E-state index in [1.165, 1.54) is 0 Å². The molecule has 2 aromatic carbocycles. The van der Waals surface area contributed by atoms with E-state index in [0.29, 0.717) is 33.2 Å². The van der Waals surface area contributed by atoms with Crippen molar-refractivity contribution in [2.75, 3.05) is 11.9 Å². The van der Waals surface area contributed by atoms with Crippen molar-refractivity contribution in [1.82, 2.24) is 15.2 Å². The number of rotatable bonds is 7. The fourth-order valence-corrected chi connectivity index (χ4v) is 4.87. The molecule has 1 saturated heterocycles. The van der Waals surface area contributed by atoms with E-state index in [4.69, 9.17) is 39.8 Å². The minimum absolute atomic E-state index is 0.0972. The summed E-state index contributed by atoms with van der Waals surface area (Å²) in [6.45, 7) is 0.404. The summed E-state index contributed by atoms with van der Waals surface area (Å²) < 4.78 is 6.31. The number of para-hydroxylation sites is 1. The highest BCUT2D eigenvalue weighted by atomic mass is 35.5. The lowest BCUT2D eigenvalue weighted by Gasteiger charge is -2.25. The third-order valence-electron chi connectivity index (χ3n) is 5.96. The summed E-state index contributed by atoms with van der Waals surface area (Å²) in [5, 5.41) is 7.77. The van der Waals surface area contributed by atoms with E-state index in [1.54, 1.807) is 18.3 Å². The van der Waals surface area contributed by atoms with E-state index in [1.807, 2.05) is 71.6 Å². The van der Waals surface area contributed by atoms with Crippen LogP contribution in [0.25, 0.3) is 11.3 Å². The first kappa shape index (κ1) is 24.3. The second-order valence-corrected chi connectivity index (χ2v) is 9.52. The van der Waals surface area contributed by atoms with Gasteiger partial charge in [-0.15, -0.1) is 0 Å². The Morgan fingerprint density at radius 3 is 2.58 bits per heavy atom. The molecule has 1 fully saturated rings. The Morgan fingerprint density at radius 2 is 1.83 bits per heavy atom. The maximum absolute atomic E-state index is 12.7. The largest absolute Gasteiger partial charge is 0.459 e. The summed E-state index contributed by atoms with van der Waals surface area (Å²) in [5.74, 6) is 1.26. The minimum atomic E-state index is -0.298. The average Bonchev–Trinajstić information content (AvgIpc) is 3.50. The van der Waals surface area contributed by atoms with Crippen LogP contribution in [0.15, 0.2) is 89.5 Å². The molecule has 1 aliphatic rings. The first-order valence-electron chi connectivity index (χ1n) is 11.4. The van der Waals surface area contributed by atoms with E-state index in [2.05, 4.69) is 15.6 Å². The molecule has 0 aliphatic carbocycles.